The van der Waals surface area contributed by atoms with Crippen LogP contribution in [-0.2, 0) is 0 Å². The molecule has 1 heterocycles. The lowest BCUT2D eigenvalue weighted by atomic mass is 10.1. The number of rotatable bonds is 7. The lowest BCUT2D eigenvalue weighted by Crippen LogP contribution is -2.37. The summed E-state index contributed by atoms with van der Waals surface area (Å²) < 4.78 is 20.8. The van der Waals surface area contributed by atoms with Gasteiger partial charge >= 0.3 is 0 Å². The van der Waals surface area contributed by atoms with Gasteiger partial charge < -0.3 is 15.0 Å². The topological polar surface area (TPSA) is 76.5 Å². The first-order valence-corrected chi connectivity index (χ1v) is 9.76. The van der Waals surface area contributed by atoms with Crippen LogP contribution in [0, 0.1) is 12.7 Å². The highest BCUT2D eigenvalue weighted by Crippen LogP contribution is 2.22. The van der Waals surface area contributed by atoms with Crippen LogP contribution in [0.25, 0.3) is 5.69 Å². The number of benzene rings is 2. The molecule has 1 unspecified atom stereocenters. The van der Waals surface area contributed by atoms with Crippen molar-refractivity contribution in [2.45, 2.75) is 13.0 Å². The van der Waals surface area contributed by atoms with Crippen molar-refractivity contribution in [2.24, 2.45) is 0 Å². The fourth-order valence-electron chi connectivity index (χ4n) is 3.29. The quantitative estimate of drug-likeness (QED) is 0.631. The molecule has 1 amide bonds. The second-order valence-electron chi connectivity index (χ2n) is 7.33. The van der Waals surface area contributed by atoms with Crippen molar-refractivity contribution >= 4 is 5.91 Å². The van der Waals surface area contributed by atoms with Crippen LogP contribution in [0.1, 0.15) is 27.8 Å². The lowest BCUT2D eigenvalue weighted by molar-refractivity contribution is 0.0934. The molecule has 1 N–H and O–H groups in total. The van der Waals surface area contributed by atoms with E-state index >= 15 is 0 Å². The van der Waals surface area contributed by atoms with Crippen LogP contribution in [-0.4, -0.2) is 48.3 Å². The zero-order valence-corrected chi connectivity index (χ0v) is 17.9. The number of nitrogens with zero attached hydrogens (tertiary/aromatic N) is 3. The molecule has 0 saturated heterocycles. The number of hydrogen-bond acceptors (Lipinski definition) is 5. The smallest absolute Gasteiger partial charge is 0.275 e. The second kappa shape index (κ2) is 9.53. The van der Waals surface area contributed by atoms with Crippen molar-refractivity contribution in [3.8, 4) is 11.4 Å². The number of ether oxygens (including phenoxy) is 1. The fraction of sp³-hybridized carbons (Fsp3) is 0.261. The van der Waals surface area contributed by atoms with E-state index in [2.05, 4.69) is 10.4 Å². The number of hydrogen-bond donors (Lipinski definition) is 1. The zero-order valence-electron chi connectivity index (χ0n) is 17.9. The Balaban J connectivity index is 1.86. The van der Waals surface area contributed by atoms with Gasteiger partial charge in [-0.2, -0.15) is 5.10 Å². The number of nitrogens with one attached hydrogen (secondary N) is 1. The third-order valence-electron chi connectivity index (χ3n) is 4.96. The molecule has 3 aromatic rings. The Labute approximate surface area is 180 Å². The van der Waals surface area contributed by atoms with Gasteiger partial charge in [-0.05, 0) is 50.8 Å². The number of halogens is 1. The molecule has 7 nitrogen and oxygen atoms in total. The number of methoxy groups -OCH3 is 1. The van der Waals surface area contributed by atoms with Gasteiger partial charge in [-0.1, -0.05) is 24.3 Å². The summed E-state index contributed by atoms with van der Waals surface area (Å²) in [5.41, 5.74) is 0.721. The Morgan fingerprint density at radius 2 is 1.94 bits per heavy atom. The molecule has 1 aromatic heterocycles. The largest absolute Gasteiger partial charge is 0.497 e. The van der Waals surface area contributed by atoms with Gasteiger partial charge in [0.25, 0.3) is 5.91 Å². The lowest BCUT2D eigenvalue weighted by Gasteiger charge is -2.25. The molecule has 3 rings (SSSR count). The first-order chi connectivity index (χ1) is 14.8. The van der Waals surface area contributed by atoms with Gasteiger partial charge in [0, 0.05) is 18.3 Å². The van der Waals surface area contributed by atoms with E-state index in [0.717, 1.165) is 5.56 Å². The molecule has 8 heteroatoms. The van der Waals surface area contributed by atoms with E-state index in [1.54, 1.807) is 26.2 Å². The number of carbonyl (C=O) groups is 1. The Bertz CT molecular complexity index is 1140. The van der Waals surface area contributed by atoms with Crippen molar-refractivity contribution < 1.29 is 13.9 Å². The number of aryl methyl sites for hydroxylation is 1. The van der Waals surface area contributed by atoms with Crippen molar-refractivity contribution in [3.05, 3.63) is 87.6 Å². The van der Waals surface area contributed by atoms with Crippen molar-refractivity contribution in [2.75, 3.05) is 27.7 Å². The zero-order chi connectivity index (χ0) is 22.5. The minimum Gasteiger partial charge on any atom is -0.497 e. The summed E-state index contributed by atoms with van der Waals surface area (Å²) in [6.07, 6.45) is 0. The third-order valence-corrected chi connectivity index (χ3v) is 4.96. The van der Waals surface area contributed by atoms with Crippen molar-refractivity contribution in [1.82, 2.24) is 20.0 Å². The normalized spacial score (nSPS) is 11.9. The number of para-hydroxylation sites is 1. The second-order valence-corrected chi connectivity index (χ2v) is 7.33. The summed E-state index contributed by atoms with van der Waals surface area (Å²) in [7, 11) is 5.38. The van der Waals surface area contributed by atoms with E-state index < -0.39 is 17.2 Å². The van der Waals surface area contributed by atoms with E-state index in [9.17, 15) is 14.0 Å². The molecule has 0 saturated carbocycles. The summed E-state index contributed by atoms with van der Waals surface area (Å²) >= 11 is 0. The highest BCUT2D eigenvalue weighted by molar-refractivity contribution is 5.92. The van der Waals surface area contributed by atoms with E-state index in [1.165, 1.54) is 22.9 Å². The first kappa shape index (κ1) is 22.2. The molecule has 2 aromatic carbocycles. The molecule has 0 aliphatic heterocycles. The highest BCUT2D eigenvalue weighted by atomic mass is 19.1. The molecule has 1 atom stereocenters. The van der Waals surface area contributed by atoms with Crippen LogP contribution >= 0.6 is 0 Å². The Hall–Kier alpha value is -3.52. The number of carbonyl (C=O) groups excluding carboxylic acids is 1. The van der Waals surface area contributed by atoms with Gasteiger partial charge in [-0.25, -0.2) is 9.07 Å². The summed E-state index contributed by atoms with van der Waals surface area (Å²) in [6.45, 7) is 1.88. The molecule has 162 valence electrons. The van der Waals surface area contributed by atoms with Crippen LogP contribution < -0.4 is 15.5 Å². The van der Waals surface area contributed by atoms with Gasteiger partial charge in [0.1, 0.15) is 17.3 Å². The predicted molar refractivity (Wildman–Crippen MR) is 116 cm³/mol. The number of amides is 1. The average molecular weight is 424 g/mol. The van der Waals surface area contributed by atoms with Gasteiger partial charge in [0.2, 0.25) is 5.43 Å². The van der Waals surface area contributed by atoms with E-state index in [1.807, 2.05) is 43.3 Å². The minimum absolute atomic E-state index is 0.154. The van der Waals surface area contributed by atoms with E-state index in [0.29, 0.717) is 11.4 Å². The monoisotopic (exact) mass is 424 g/mol. The van der Waals surface area contributed by atoms with Gasteiger partial charge in [-0.3, -0.25) is 9.59 Å². The molecular weight excluding hydrogens is 399 g/mol. The molecule has 0 fully saturated rings. The molecule has 0 aliphatic rings. The maximum atomic E-state index is 14.2. The van der Waals surface area contributed by atoms with Gasteiger partial charge in [-0.15, -0.1) is 0 Å². The van der Waals surface area contributed by atoms with E-state index in [4.69, 9.17) is 4.74 Å². The van der Waals surface area contributed by atoms with Crippen LogP contribution in [0.15, 0.2) is 59.4 Å². The summed E-state index contributed by atoms with van der Waals surface area (Å²) in [5.74, 6) is -0.410. The maximum absolute atomic E-state index is 14.2. The summed E-state index contributed by atoms with van der Waals surface area (Å²) in [4.78, 5) is 27.2. The van der Waals surface area contributed by atoms with Gasteiger partial charge in [0.05, 0.1) is 13.2 Å². The molecule has 0 spiro atoms. The van der Waals surface area contributed by atoms with Crippen LogP contribution in [0.2, 0.25) is 0 Å². The van der Waals surface area contributed by atoms with Crippen LogP contribution in [0.4, 0.5) is 4.39 Å². The van der Waals surface area contributed by atoms with E-state index in [-0.39, 0.29) is 24.0 Å². The summed E-state index contributed by atoms with van der Waals surface area (Å²) in [6, 6.07) is 14.7. The Morgan fingerprint density at radius 1 is 1.19 bits per heavy atom. The Morgan fingerprint density at radius 3 is 2.61 bits per heavy atom. The number of likely N-dealkylation sites (N-methyl/N-ethyl adjacent to an activating group) is 1. The standard InChI is InChI=1S/C23H25FN4O3/c1-15-12-21(29)22(26-28(15)19-11-6-5-10-18(19)24)23(30)25-14-20(27(2)3)16-8-7-9-17(13-16)31-4/h5-13,20H,14H2,1-4H3,(H,25,30). The predicted octanol–water partition coefficient (Wildman–Crippen LogP) is 2.72. The minimum atomic E-state index is -0.621. The SMILES string of the molecule is COc1cccc(C(CNC(=O)c2nn(-c3ccccc3F)c(C)cc2=O)N(C)C)c1. The van der Waals surface area contributed by atoms with Crippen LogP contribution in [0.3, 0.4) is 0 Å². The van der Waals surface area contributed by atoms with Crippen molar-refractivity contribution in [1.29, 1.82) is 0 Å². The molecule has 31 heavy (non-hydrogen) atoms. The molecule has 0 aliphatic carbocycles. The molecular formula is C23H25FN4O3. The number of aromatic nitrogens is 2. The summed E-state index contributed by atoms with van der Waals surface area (Å²) in [5, 5.41) is 6.92. The van der Waals surface area contributed by atoms with Crippen LogP contribution in [0.5, 0.6) is 5.75 Å². The van der Waals surface area contributed by atoms with Gasteiger partial charge in [0.15, 0.2) is 5.69 Å². The highest BCUT2D eigenvalue weighted by Gasteiger charge is 2.20. The third kappa shape index (κ3) is 4.97. The molecule has 0 radical (unpaired) electrons. The van der Waals surface area contributed by atoms with Crippen molar-refractivity contribution in [3.63, 3.8) is 0 Å². The Kier molecular flexibility index (Phi) is 6.81. The fourth-order valence-corrected chi connectivity index (χ4v) is 3.29. The maximum Gasteiger partial charge on any atom is 0.275 e. The average Bonchev–Trinajstić information content (AvgIpc) is 2.74. The molecule has 0 bridgehead atoms. The first-order valence-electron chi connectivity index (χ1n) is 9.76.